The molecular formula is C19H27N3O3. The Morgan fingerprint density at radius 1 is 1.28 bits per heavy atom. The van der Waals surface area contributed by atoms with Crippen LogP contribution < -0.4 is 5.69 Å². The zero-order chi connectivity index (χ0) is 17.8. The van der Waals surface area contributed by atoms with E-state index in [1.165, 1.54) is 0 Å². The number of H-pyrrole nitrogens is 1. The summed E-state index contributed by atoms with van der Waals surface area (Å²) in [7, 11) is 0. The Hall–Kier alpha value is -1.89. The van der Waals surface area contributed by atoms with Crippen molar-refractivity contribution in [3.63, 3.8) is 0 Å². The lowest BCUT2D eigenvalue weighted by molar-refractivity contribution is 0.00963. The van der Waals surface area contributed by atoms with Crippen molar-refractivity contribution >= 4 is 16.7 Å². The molecule has 25 heavy (non-hydrogen) atoms. The first-order chi connectivity index (χ1) is 12.0. The Kier molecular flexibility index (Phi) is 5.73. The number of benzene rings is 1. The molecule has 0 amide bonds. The molecule has 0 aliphatic carbocycles. The van der Waals surface area contributed by atoms with Crippen LogP contribution in [0.1, 0.15) is 20.3 Å². The van der Waals surface area contributed by atoms with E-state index in [1.807, 2.05) is 24.3 Å². The van der Waals surface area contributed by atoms with Crippen molar-refractivity contribution in [2.75, 3.05) is 32.8 Å². The van der Waals surface area contributed by atoms with Crippen LogP contribution in [0.2, 0.25) is 0 Å². The maximum atomic E-state index is 12.3. The van der Waals surface area contributed by atoms with Gasteiger partial charge < -0.3 is 14.8 Å². The summed E-state index contributed by atoms with van der Waals surface area (Å²) in [6.07, 6.45) is 2.37. The van der Waals surface area contributed by atoms with Gasteiger partial charge in [-0.3, -0.25) is 9.47 Å². The average Bonchev–Trinajstić information content (AvgIpc) is 2.91. The van der Waals surface area contributed by atoms with Gasteiger partial charge in [0.1, 0.15) is 0 Å². The Bertz CT molecular complexity index is 791. The topological polar surface area (TPSA) is 70.5 Å². The van der Waals surface area contributed by atoms with Gasteiger partial charge in [0.15, 0.2) is 0 Å². The van der Waals surface area contributed by atoms with E-state index >= 15 is 0 Å². The van der Waals surface area contributed by atoms with E-state index < -0.39 is 6.10 Å². The number of imidazole rings is 1. The van der Waals surface area contributed by atoms with Gasteiger partial charge in [-0.1, -0.05) is 32.1 Å². The van der Waals surface area contributed by atoms with Crippen LogP contribution in [0.3, 0.4) is 0 Å². The minimum atomic E-state index is -0.482. The third-order valence-electron chi connectivity index (χ3n) is 4.38. The molecular weight excluding hydrogens is 318 g/mol. The number of aromatic amines is 1. The van der Waals surface area contributed by atoms with Gasteiger partial charge in [0, 0.05) is 38.4 Å². The van der Waals surface area contributed by atoms with E-state index in [1.54, 1.807) is 4.57 Å². The van der Waals surface area contributed by atoms with Crippen LogP contribution in [0.15, 0.2) is 35.1 Å². The van der Waals surface area contributed by atoms with Crippen molar-refractivity contribution in [2.24, 2.45) is 5.92 Å². The first-order valence-corrected chi connectivity index (χ1v) is 8.92. The molecule has 0 saturated carbocycles. The third-order valence-corrected chi connectivity index (χ3v) is 4.38. The van der Waals surface area contributed by atoms with Gasteiger partial charge in [-0.2, -0.15) is 0 Å². The van der Waals surface area contributed by atoms with Crippen molar-refractivity contribution in [2.45, 2.75) is 26.4 Å². The summed E-state index contributed by atoms with van der Waals surface area (Å²) < 4.78 is 7.26. The highest BCUT2D eigenvalue weighted by Crippen LogP contribution is 2.19. The summed E-state index contributed by atoms with van der Waals surface area (Å²) in [6, 6.07) is 7.73. The quantitative estimate of drug-likeness (QED) is 0.804. The zero-order valence-electron chi connectivity index (χ0n) is 14.9. The van der Waals surface area contributed by atoms with Crippen LogP contribution in [0.25, 0.3) is 16.7 Å². The number of aliphatic hydroxyl groups excluding tert-OH is 1. The zero-order valence-corrected chi connectivity index (χ0v) is 14.9. The lowest BCUT2D eigenvalue weighted by atomic mass is 10.1. The molecule has 0 radical (unpaired) electrons. The molecule has 0 fully saturated rings. The predicted molar refractivity (Wildman–Crippen MR) is 99.6 cm³/mol. The van der Waals surface area contributed by atoms with Crippen LogP contribution in [-0.2, 0) is 4.74 Å². The van der Waals surface area contributed by atoms with Crippen molar-refractivity contribution in [3.8, 4) is 0 Å². The van der Waals surface area contributed by atoms with Gasteiger partial charge in [-0.25, -0.2) is 4.79 Å². The maximum Gasteiger partial charge on any atom is 0.330 e. The summed E-state index contributed by atoms with van der Waals surface area (Å²) in [5, 5.41) is 10.1. The molecule has 0 saturated heterocycles. The third kappa shape index (κ3) is 4.39. The Balaban J connectivity index is 1.61. The molecule has 2 aromatic rings. The summed E-state index contributed by atoms with van der Waals surface area (Å²) in [6.45, 7) is 7.36. The van der Waals surface area contributed by atoms with E-state index in [2.05, 4.69) is 29.8 Å². The van der Waals surface area contributed by atoms with Crippen molar-refractivity contribution in [1.29, 1.82) is 0 Å². The van der Waals surface area contributed by atoms with Crippen LogP contribution >= 0.6 is 0 Å². The van der Waals surface area contributed by atoms with Crippen LogP contribution in [-0.4, -0.2) is 58.5 Å². The fourth-order valence-electron chi connectivity index (χ4n) is 3.20. The lowest BCUT2D eigenvalue weighted by Gasteiger charge is -2.28. The predicted octanol–water partition coefficient (Wildman–Crippen LogP) is 1.91. The molecule has 136 valence electrons. The van der Waals surface area contributed by atoms with Crippen molar-refractivity contribution < 1.29 is 9.84 Å². The molecule has 2 heterocycles. The maximum absolute atomic E-state index is 12.3. The number of aromatic nitrogens is 2. The van der Waals surface area contributed by atoms with Gasteiger partial charge in [0.2, 0.25) is 0 Å². The summed E-state index contributed by atoms with van der Waals surface area (Å²) in [5.74, 6) is 0.474. The summed E-state index contributed by atoms with van der Waals surface area (Å²) in [5.41, 5.74) is 2.69. The van der Waals surface area contributed by atoms with E-state index in [0.717, 1.165) is 36.2 Å². The first-order valence-electron chi connectivity index (χ1n) is 8.92. The van der Waals surface area contributed by atoms with Crippen LogP contribution in [0, 0.1) is 5.92 Å². The molecule has 2 N–H and O–H groups in total. The normalized spacial score (nSPS) is 17.2. The minimum Gasteiger partial charge on any atom is -0.389 e. The van der Waals surface area contributed by atoms with E-state index in [4.69, 9.17) is 4.74 Å². The lowest BCUT2D eigenvalue weighted by Crippen LogP contribution is -2.38. The largest absolute Gasteiger partial charge is 0.389 e. The summed E-state index contributed by atoms with van der Waals surface area (Å²) >= 11 is 0. The highest BCUT2D eigenvalue weighted by Gasteiger charge is 2.18. The number of nitrogens with one attached hydrogen (secondary N) is 1. The molecule has 1 aromatic carbocycles. The molecule has 1 aliphatic heterocycles. The van der Waals surface area contributed by atoms with Gasteiger partial charge in [0.05, 0.1) is 23.7 Å². The van der Waals surface area contributed by atoms with Crippen LogP contribution in [0.4, 0.5) is 0 Å². The van der Waals surface area contributed by atoms with E-state index in [0.29, 0.717) is 25.7 Å². The fraction of sp³-hybridized carbons (Fsp3) is 0.526. The van der Waals surface area contributed by atoms with Crippen LogP contribution in [0.5, 0.6) is 0 Å². The molecule has 1 unspecified atom stereocenters. The highest BCUT2D eigenvalue weighted by atomic mass is 16.5. The standard InChI is InChI=1S/C19H27N3O3/c1-14(2)12-25-13-16(23)11-21-9-7-15(8-10-21)22-18-6-4-3-5-17(18)20-19(22)24/h3-7,14,16,23H,8-13H2,1-2H3,(H,20,24). The Labute approximate surface area is 147 Å². The van der Waals surface area contributed by atoms with Gasteiger partial charge >= 0.3 is 5.69 Å². The number of hydrogen-bond donors (Lipinski definition) is 2. The number of rotatable bonds is 7. The van der Waals surface area contributed by atoms with Crippen molar-refractivity contribution in [1.82, 2.24) is 14.5 Å². The molecule has 6 nitrogen and oxygen atoms in total. The van der Waals surface area contributed by atoms with Gasteiger partial charge in [-0.15, -0.1) is 0 Å². The second kappa shape index (κ2) is 7.99. The second-order valence-corrected chi connectivity index (χ2v) is 7.07. The Morgan fingerprint density at radius 2 is 2.08 bits per heavy atom. The van der Waals surface area contributed by atoms with Gasteiger partial charge in [-0.05, 0) is 18.1 Å². The smallest absolute Gasteiger partial charge is 0.330 e. The first kappa shape index (κ1) is 17.9. The summed E-state index contributed by atoms with van der Waals surface area (Å²) in [4.78, 5) is 17.4. The molecule has 1 atom stereocenters. The second-order valence-electron chi connectivity index (χ2n) is 7.07. The Morgan fingerprint density at radius 3 is 2.80 bits per heavy atom. The minimum absolute atomic E-state index is 0.0944. The number of fused-ring (bicyclic) bond motifs is 1. The molecule has 1 aromatic heterocycles. The van der Waals surface area contributed by atoms with E-state index in [-0.39, 0.29) is 5.69 Å². The number of ether oxygens (including phenoxy) is 1. The SMILES string of the molecule is CC(C)COCC(O)CN1CC=C(n2c(=O)[nH]c3ccccc32)CC1. The number of nitrogens with zero attached hydrogens (tertiary/aromatic N) is 2. The number of aliphatic hydroxyl groups is 1. The van der Waals surface area contributed by atoms with Gasteiger partial charge in [0.25, 0.3) is 0 Å². The molecule has 1 aliphatic rings. The monoisotopic (exact) mass is 345 g/mol. The number of β-amino-alcohol motifs (C(OH)–C–C–N with tert-alkyl or cyclic N) is 1. The number of hydrogen-bond acceptors (Lipinski definition) is 4. The molecule has 0 bridgehead atoms. The fourth-order valence-corrected chi connectivity index (χ4v) is 3.20. The molecule has 3 rings (SSSR count). The molecule has 0 spiro atoms. The molecule has 6 heteroatoms. The van der Waals surface area contributed by atoms with E-state index in [9.17, 15) is 9.90 Å². The average molecular weight is 345 g/mol. The highest BCUT2D eigenvalue weighted by molar-refractivity contribution is 5.79. The number of para-hydroxylation sites is 2. The van der Waals surface area contributed by atoms with Crippen molar-refractivity contribution in [3.05, 3.63) is 40.8 Å².